The Morgan fingerprint density at radius 3 is 2.39 bits per heavy atom. The SMILES string of the molecule is CCCc1cc(C(C(F)(F)F)C(F)(F)F)ccc1-c1cccc(OCCCCN2C(=O)NC(C)(c3ccc4c(c3)OCO4)C2=O)c1. The zero-order valence-electron chi connectivity index (χ0n) is 25.1. The van der Waals surface area contributed by atoms with Gasteiger partial charge in [-0.2, -0.15) is 26.3 Å². The molecule has 1 atom stereocenters. The Balaban J connectivity index is 1.20. The molecule has 1 N–H and O–H groups in total. The first-order valence-electron chi connectivity index (χ1n) is 14.8. The number of imide groups is 1. The largest absolute Gasteiger partial charge is 0.494 e. The quantitative estimate of drug-likeness (QED) is 0.130. The van der Waals surface area contributed by atoms with Crippen LogP contribution < -0.4 is 19.5 Å². The highest BCUT2D eigenvalue weighted by Crippen LogP contribution is 2.47. The summed E-state index contributed by atoms with van der Waals surface area (Å²) in [7, 11) is 0. The lowest BCUT2D eigenvalue weighted by molar-refractivity contribution is -0.253. The number of amides is 3. The topological polar surface area (TPSA) is 77.1 Å². The fourth-order valence-electron chi connectivity index (χ4n) is 5.73. The summed E-state index contributed by atoms with van der Waals surface area (Å²) >= 11 is 0. The lowest BCUT2D eigenvalue weighted by Gasteiger charge is -2.24. The van der Waals surface area contributed by atoms with E-state index in [1.54, 1.807) is 56.3 Å². The van der Waals surface area contributed by atoms with Crippen molar-refractivity contribution in [2.75, 3.05) is 19.9 Å². The number of nitrogens with one attached hydrogen (secondary N) is 1. The van der Waals surface area contributed by atoms with Gasteiger partial charge in [-0.3, -0.25) is 9.69 Å². The van der Waals surface area contributed by atoms with Crippen molar-refractivity contribution < 1.29 is 50.1 Å². The summed E-state index contributed by atoms with van der Waals surface area (Å²) in [6.07, 6.45) is -9.20. The molecule has 0 saturated carbocycles. The molecule has 1 saturated heterocycles. The van der Waals surface area contributed by atoms with Crippen molar-refractivity contribution in [2.45, 2.75) is 63.3 Å². The number of rotatable bonds is 11. The summed E-state index contributed by atoms with van der Waals surface area (Å²) < 4.78 is 96.7. The van der Waals surface area contributed by atoms with Crippen LogP contribution in [0.2, 0.25) is 0 Å². The average molecular weight is 651 g/mol. The van der Waals surface area contributed by atoms with Crippen molar-refractivity contribution in [3.8, 4) is 28.4 Å². The van der Waals surface area contributed by atoms with Gasteiger partial charge in [-0.05, 0) is 78.3 Å². The van der Waals surface area contributed by atoms with E-state index in [9.17, 15) is 35.9 Å². The number of ether oxygens (including phenoxy) is 3. The fraction of sp³-hybridized carbons (Fsp3) is 0.394. The van der Waals surface area contributed by atoms with Crippen molar-refractivity contribution in [2.24, 2.45) is 0 Å². The number of alkyl halides is 6. The number of carbonyl (C=O) groups excluding carboxylic acids is 2. The van der Waals surface area contributed by atoms with Crippen molar-refractivity contribution in [3.63, 3.8) is 0 Å². The van der Waals surface area contributed by atoms with Crippen LogP contribution in [0.1, 0.15) is 55.7 Å². The smallest absolute Gasteiger partial charge is 0.404 e. The van der Waals surface area contributed by atoms with Gasteiger partial charge in [-0.1, -0.05) is 49.7 Å². The second-order valence-electron chi connectivity index (χ2n) is 11.3. The molecule has 1 fully saturated rings. The van der Waals surface area contributed by atoms with Crippen LogP contribution in [0, 0.1) is 0 Å². The Hall–Kier alpha value is -4.42. The maximum absolute atomic E-state index is 13.4. The molecular weight excluding hydrogens is 618 g/mol. The van der Waals surface area contributed by atoms with Crippen LogP contribution in [-0.2, 0) is 16.8 Å². The van der Waals surface area contributed by atoms with Gasteiger partial charge in [0, 0.05) is 6.54 Å². The molecule has 1 unspecified atom stereocenters. The van der Waals surface area contributed by atoms with Gasteiger partial charge in [-0.15, -0.1) is 0 Å². The van der Waals surface area contributed by atoms with Crippen molar-refractivity contribution in [3.05, 3.63) is 77.4 Å². The third kappa shape index (κ3) is 6.73. The molecule has 3 aromatic carbocycles. The highest BCUT2D eigenvalue weighted by molar-refractivity contribution is 6.07. The third-order valence-electron chi connectivity index (χ3n) is 8.05. The molecule has 5 rings (SSSR count). The monoisotopic (exact) mass is 650 g/mol. The zero-order valence-corrected chi connectivity index (χ0v) is 25.1. The molecule has 3 amide bonds. The van der Waals surface area contributed by atoms with Gasteiger partial charge in [-0.25, -0.2) is 4.79 Å². The number of halogens is 6. The minimum absolute atomic E-state index is 0.0817. The Morgan fingerprint density at radius 2 is 1.67 bits per heavy atom. The summed E-state index contributed by atoms with van der Waals surface area (Å²) in [6, 6.07) is 14.5. The van der Waals surface area contributed by atoms with Gasteiger partial charge < -0.3 is 19.5 Å². The van der Waals surface area contributed by atoms with Gasteiger partial charge >= 0.3 is 18.4 Å². The summed E-state index contributed by atoms with van der Waals surface area (Å²) in [5, 5.41) is 2.76. The number of unbranched alkanes of at least 4 members (excludes halogenated alkanes) is 1. The van der Waals surface area contributed by atoms with Crippen LogP contribution in [-0.4, -0.2) is 49.1 Å². The van der Waals surface area contributed by atoms with Crippen LogP contribution >= 0.6 is 0 Å². The molecular formula is C33H32F6N2O5. The van der Waals surface area contributed by atoms with Crippen molar-refractivity contribution >= 4 is 11.9 Å². The van der Waals surface area contributed by atoms with Crippen molar-refractivity contribution in [1.29, 1.82) is 0 Å². The summed E-state index contributed by atoms with van der Waals surface area (Å²) in [5.74, 6) is -2.45. The minimum atomic E-state index is -5.48. The van der Waals surface area contributed by atoms with Crippen LogP contribution in [0.5, 0.6) is 17.2 Å². The number of aryl methyl sites for hydroxylation is 1. The number of carbonyl (C=O) groups is 2. The first-order chi connectivity index (χ1) is 21.7. The molecule has 0 aliphatic carbocycles. The number of urea groups is 1. The lowest BCUT2D eigenvalue weighted by Crippen LogP contribution is -2.41. The first kappa shape index (κ1) is 33.0. The Kier molecular flexibility index (Phi) is 9.14. The van der Waals surface area contributed by atoms with Gasteiger partial charge in [0.15, 0.2) is 17.4 Å². The fourth-order valence-corrected chi connectivity index (χ4v) is 5.73. The molecule has 2 aliphatic heterocycles. The molecule has 2 heterocycles. The van der Waals surface area contributed by atoms with E-state index in [-0.39, 0.29) is 26.4 Å². The minimum Gasteiger partial charge on any atom is -0.494 e. The summed E-state index contributed by atoms with van der Waals surface area (Å²) in [5.41, 5.74) is -0.0611. The van der Waals surface area contributed by atoms with E-state index in [0.29, 0.717) is 58.8 Å². The predicted molar refractivity (Wildman–Crippen MR) is 156 cm³/mol. The molecule has 0 aromatic heterocycles. The number of fused-ring (bicyclic) bond motifs is 1. The molecule has 0 spiro atoms. The normalized spacial score (nSPS) is 18.0. The van der Waals surface area contributed by atoms with E-state index in [4.69, 9.17) is 14.2 Å². The zero-order chi connectivity index (χ0) is 33.3. The van der Waals surface area contributed by atoms with E-state index in [1.165, 1.54) is 6.07 Å². The highest BCUT2D eigenvalue weighted by Gasteiger charge is 2.57. The molecule has 0 radical (unpaired) electrons. The molecule has 3 aromatic rings. The second-order valence-corrected chi connectivity index (χ2v) is 11.3. The van der Waals surface area contributed by atoms with Gasteiger partial charge in [0.2, 0.25) is 6.79 Å². The molecule has 246 valence electrons. The first-order valence-corrected chi connectivity index (χ1v) is 14.8. The van der Waals surface area contributed by atoms with E-state index >= 15 is 0 Å². The lowest BCUT2D eigenvalue weighted by atomic mass is 9.90. The molecule has 7 nitrogen and oxygen atoms in total. The van der Waals surface area contributed by atoms with Crippen LogP contribution in [0.4, 0.5) is 31.1 Å². The summed E-state index contributed by atoms with van der Waals surface area (Å²) in [6.45, 7) is 3.91. The second kappa shape index (κ2) is 12.8. The Bertz CT molecular complexity index is 1590. The van der Waals surface area contributed by atoms with Gasteiger partial charge in [0.05, 0.1) is 6.61 Å². The average Bonchev–Trinajstić information content (AvgIpc) is 3.54. The standard InChI is InChI=1S/C33H32F6N2O5/c1-3-7-20-16-22(28(32(34,35)36)33(37,38)39)10-12-25(20)21-8-6-9-24(17-21)44-15-5-4-14-41-29(42)31(2,40-30(41)43)23-11-13-26-27(18-23)46-19-45-26/h6,8-13,16-18,28H,3-5,7,14-15,19H2,1-2H3,(H,40,43). The van der Waals surface area contributed by atoms with Crippen LogP contribution in [0.25, 0.3) is 11.1 Å². The number of nitrogens with zero attached hydrogens (tertiary/aromatic N) is 1. The maximum Gasteiger partial charge on any atom is 0.404 e. The molecule has 0 bridgehead atoms. The molecule has 13 heteroatoms. The van der Waals surface area contributed by atoms with E-state index in [1.807, 2.05) is 0 Å². The molecule has 46 heavy (non-hydrogen) atoms. The van der Waals surface area contributed by atoms with Crippen LogP contribution in [0.3, 0.4) is 0 Å². The van der Waals surface area contributed by atoms with Gasteiger partial charge in [0.25, 0.3) is 5.91 Å². The van der Waals surface area contributed by atoms with E-state index in [0.717, 1.165) is 17.0 Å². The molecule has 2 aliphatic rings. The summed E-state index contributed by atoms with van der Waals surface area (Å²) in [4.78, 5) is 27.1. The third-order valence-corrected chi connectivity index (χ3v) is 8.05. The predicted octanol–water partition coefficient (Wildman–Crippen LogP) is 7.87. The van der Waals surface area contributed by atoms with E-state index < -0.39 is 41.3 Å². The van der Waals surface area contributed by atoms with E-state index in [2.05, 4.69) is 5.32 Å². The number of hydrogen-bond acceptors (Lipinski definition) is 5. The number of benzene rings is 3. The number of hydrogen-bond donors (Lipinski definition) is 1. The highest BCUT2D eigenvalue weighted by atomic mass is 19.4. The Morgan fingerprint density at radius 1 is 0.935 bits per heavy atom. The Labute approximate surface area is 261 Å². The van der Waals surface area contributed by atoms with Crippen LogP contribution in [0.15, 0.2) is 60.7 Å². The van der Waals surface area contributed by atoms with Crippen molar-refractivity contribution in [1.82, 2.24) is 10.2 Å². The maximum atomic E-state index is 13.4. The van der Waals surface area contributed by atoms with Gasteiger partial charge in [0.1, 0.15) is 11.3 Å².